The zero-order chi connectivity index (χ0) is 35.6. The molecular formula is C34H42F3N5O7. The number of carbonyl (C=O) groups is 3. The molecule has 49 heavy (non-hydrogen) atoms. The number of benzene rings is 2. The SMILES string of the molecule is Cn1cc2c3cc(C(=O)NCCOCCOCCNC(=O)CCOCCC(=O)OC(C)(C)C)ccc3n(-c3ccc(C(F)(F)F)cc3)c2n1. The number of esters is 1. The molecule has 0 spiro atoms. The van der Waals surface area contributed by atoms with Crippen molar-refractivity contribution in [2.45, 2.75) is 45.4 Å². The number of aryl methyl sites for hydroxylation is 1. The first-order valence-corrected chi connectivity index (χ1v) is 15.9. The van der Waals surface area contributed by atoms with Gasteiger partial charge in [-0.3, -0.25) is 23.6 Å². The lowest BCUT2D eigenvalue weighted by atomic mass is 10.1. The Morgan fingerprint density at radius 2 is 1.43 bits per heavy atom. The van der Waals surface area contributed by atoms with E-state index in [0.717, 1.165) is 22.9 Å². The molecule has 0 aliphatic carbocycles. The van der Waals surface area contributed by atoms with E-state index in [0.29, 0.717) is 48.8 Å². The van der Waals surface area contributed by atoms with Crippen LogP contribution in [0.25, 0.3) is 27.6 Å². The van der Waals surface area contributed by atoms with Crippen molar-refractivity contribution in [3.8, 4) is 5.69 Å². The highest BCUT2D eigenvalue weighted by Gasteiger charge is 2.30. The van der Waals surface area contributed by atoms with Gasteiger partial charge in [-0.25, -0.2) is 0 Å². The summed E-state index contributed by atoms with van der Waals surface area (Å²) in [5, 5.41) is 11.5. The summed E-state index contributed by atoms with van der Waals surface area (Å²) < 4.78 is 64.2. The van der Waals surface area contributed by atoms with Crippen LogP contribution >= 0.6 is 0 Å². The molecule has 12 nitrogen and oxygen atoms in total. The molecule has 266 valence electrons. The number of fused-ring (bicyclic) bond motifs is 3. The first-order valence-electron chi connectivity index (χ1n) is 15.9. The van der Waals surface area contributed by atoms with E-state index in [2.05, 4.69) is 15.7 Å². The van der Waals surface area contributed by atoms with Crippen LogP contribution in [0.4, 0.5) is 13.2 Å². The lowest BCUT2D eigenvalue weighted by molar-refractivity contribution is -0.156. The Hall–Kier alpha value is -4.47. The molecule has 0 bridgehead atoms. The second kappa shape index (κ2) is 16.8. The third-order valence-electron chi connectivity index (χ3n) is 7.08. The summed E-state index contributed by atoms with van der Waals surface area (Å²) in [5.41, 5.74) is 0.922. The van der Waals surface area contributed by atoms with Gasteiger partial charge in [-0.15, -0.1) is 0 Å². The molecule has 2 heterocycles. The summed E-state index contributed by atoms with van der Waals surface area (Å²) in [6.07, 6.45) is -2.34. The molecular weight excluding hydrogens is 647 g/mol. The van der Waals surface area contributed by atoms with Crippen molar-refractivity contribution in [2.75, 3.05) is 52.7 Å². The van der Waals surface area contributed by atoms with E-state index in [1.165, 1.54) is 12.1 Å². The first-order chi connectivity index (χ1) is 23.2. The number of hydrogen-bond acceptors (Lipinski definition) is 8. The Balaban J connectivity index is 1.12. The molecule has 15 heteroatoms. The minimum Gasteiger partial charge on any atom is -0.460 e. The Kier molecular flexibility index (Phi) is 12.8. The minimum atomic E-state index is -4.44. The predicted octanol–water partition coefficient (Wildman–Crippen LogP) is 4.55. The quantitative estimate of drug-likeness (QED) is 0.122. The standard InChI is InChI=1S/C34H42F3N5O7/c1-33(2,3)49-30(44)12-16-46-15-11-29(43)38-13-17-47-19-20-48-18-14-39-32(45)23-5-10-28-26(21-23)27-22-41(4)40-31(27)42(28)25-8-6-24(7-9-25)34(35,36)37/h5-10,21-22H,11-20H2,1-4H3,(H,38,43)(H,39,45). The van der Waals surface area contributed by atoms with Gasteiger partial charge >= 0.3 is 12.1 Å². The average Bonchev–Trinajstić information content (AvgIpc) is 3.54. The smallest absolute Gasteiger partial charge is 0.416 e. The molecule has 2 aromatic heterocycles. The number of rotatable bonds is 17. The molecule has 0 aliphatic heterocycles. The highest BCUT2D eigenvalue weighted by Crippen LogP contribution is 2.34. The molecule has 0 radical (unpaired) electrons. The maximum Gasteiger partial charge on any atom is 0.416 e. The number of amides is 2. The van der Waals surface area contributed by atoms with E-state index in [1.54, 1.807) is 61.5 Å². The van der Waals surface area contributed by atoms with Gasteiger partial charge in [0.15, 0.2) is 5.65 Å². The van der Waals surface area contributed by atoms with Gasteiger partial charge in [-0.1, -0.05) is 0 Å². The van der Waals surface area contributed by atoms with Crippen LogP contribution in [-0.4, -0.2) is 90.5 Å². The molecule has 4 rings (SSSR count). The van der Waals surface area contributed by atoms with Crippen molar-refractivity contribution in [1.82, 2.24) is 25.0 Å². The molecule has 0 saturated carbocycles. The summed E-state index contributed by atoms with van der Waals surface area (Å²) in [5.74, 6) is -0.834. The van der Waals surface area contributed by atoms with Gasteiger partial charge in [0.25, 0.3) is 5.91 Å². The van der Waals surface area contributed by atoms with Gasteiger partial charge in [0.05, 0.1) is 57.1 Å². The van der Waals surface area contributed by atoms with Gasteiger partial charge < -0.3 is 29.6 Å². The van der Waals surface area contributed by atoms with E-state index < -0.39 is 17.3 Å². The predicted molar refractivity (Wildman–Crippen MR) is 175 cm³/mol. The molecule has 0 saturated heterocycles. The summed E-state index contributed by atoms with van der Waals surface area (Å²) in [7, 11) is 1.75. The van der Waals surface area contributed by atoms with Gasteiger partial charge in [0.2, 0.25) is 5.91 Å². The van der Waals surface area contributed by atoms with E-state index in [9.17, 15) is 27.6 Å². The second-order valence-electron chi connectivity index (χ2n) is 12.2. The van der Waals surface area contributed by atoms with Crippen LogP contribution < -0.4 is 10.6 Å². The van der Waals surface area contributed by atoms with Crippen molar-refractivity contribution in [2.24, 2.45) is 7.05 Å². The molecule has 0 atom stereocenters. The molecule has 0 unspecified atom stereocenters. The van der Waals surface area contributed by atoms with Crippen LogP contribution in [0.2, 0.25) is 0 Å². The van der Waals surface area contributed by atoms with E-state index in [4.69, 9.17) is 18.9 Å². The van der Waals surface area contributed by atoms with Gasteiger partial charge in [0, 0.05) is 54.8 Å². The lowest BCUT2D eigenvalue weighted by Crippen LogP contribution is -2.29. The number of alkyl halides is 3. The summed E-state index contributed by atoms with van der Waals surface area (Å²) in [6.45, 7) is 7.54. The Morgan fingerprint density at radius 3 is 2.08 bits per heavy atom. The van der Waals surface area contributed by atoms with Crippen molar-refractivity contribution >= 4 is 39.7 Å². The fourth-order valence-corrected chi connectivity index (χ4v) is 4.92. The highest BCUT2D eigenvalue weighted by molar-refractivity contribution is 6.10. The van der Waals surface area contributed by atoms with Crippen LogP contribution in [0.5, 0.6) is 0 Å². The Labute approximate surface area is 281 Å². The fraction of sp³-hybridized carbons (Fsp3) is 0.471. The molecule has 2 amide bonds. The van der Waals surface area contributed by atoms with E-state index in [-0.39, 0.29) is 57.0 Å². The normalized spacial score (nSPS) is 12.1. The van der Waals surface area contributed by atoms with Crippen molar-refractivity contribution in [3.05, 3.63) is 59.8 Å². The maximum absolute atomic E-state index is 13.1. The zero-order valence-corrected chi connectivity index (χ0v) is 28.0. The average molecular weight is 690 g/mol. The monoisotopic (exact) mass is 689 g/mol. The Morgan fingerprint density at radius 1 is 0.796 bits per heavy atom. The number of carbonyl (C=O) groups excluding carboxylic acids is 3. The topological polar surface area (TPSA) is 135 Å². The molecule has 0 fully saturated rings. The van der Waals surface area contributed by atoms with Crippen LogP contribution in [0.1, 0.15) is 49.5 Å². The number of halogens is 3. The second-order valence-corrected chi connectivity index (χ2v) is 12.2. The van der Waals surface area contributed by atoms with Crippen molar-refractivity contribution in [1.29, 1.82) is 0 Å². The maximum atomic E-state index is 13.1. The van der Waals surface area contributed by atoms with Gasteiger partial charge in [-0.05, 0) is 63.2 Å². The van der Waals surface area contributed by atoms with Crippen LogP contribution in [0.3, 0.4) is 0 Å². The zero-order valence-electron chi connectivity index (χ0n) is 28.0. The molecule has 4 aromatic rings. The number of ether oxygens (including phenoxy) is 4. The van der Waals surface area contributed by atoms with E-state index >= 15 is 0 Å². The van der Waals surface area contributed by atoms with Crippen LogP contribution in [0, 0.1) is 0 Å². The molecule has 0 aliphatic rings. The van der Waals surface area contributed by atoms with Gasteiger partial charge in [-0.2, -0.15) is 18.3 Å². The first kappa shape index (κ1) is 37.4. The summed E-state index contributed by atoms with van der Waals surface area (Å²) in [6, 6.07) is 10.0. The molecule has 2 aromatic carbocycles. The van der Waals surface area contributed by atoms with E-state index in [1.807, 2.05) is 0 Å². The van der Waals surface area contributed by atoms with Crippen molar-refractivity contribution in [3.63, 3.8) is 0 Å². The number of aromatic nitrogens is 3. The number of hydrogen-bond donors (Lipinski definition) is 2. The van der Waals surface area contributed by atoms with Crippen LogP contribution in [0.15, 0.2) is 48.7 Å². The minimum absolute atomic E-state index is 0.127. The highest BCUT2D eigenvalue weighted by atomic mass is 19.4. The lowest BCUT2D eigenvalue weighted by Gasteiger charge is -2.19. The third-order valence-corrected chi connectivity index (χ3v) is 7.08. The number of nitrogens with one attached hydrogen (secondary N) is 2. The summed E-state index contributed by atoms with van der Waals surface area (Å²) >= 11 is 0. The van der Waals surface area contributed by atoms with Crippen LogP contribution in [-0.2, 0) is 41.8 Å². The molecule has 2 N–H and O–H groups in total. The Bertz CT molecular complexity index is 1730. The van der Waals surface area contributed by atoms with Gasteiger partial charge in [0.1, 0.15) is 5.60 Å². The summed E-state index contributed by atoms with van der Waals surface area (Å²) in [4.78, 5) is 36.4. The largest absolute Gasteiger partial charge is 0.460 e. The number of nitrogens with zero attached hydrogens (tertiary/aromatic N) is 3. The van der Waals surface area contributed by atoms with Crippen molar-refractivity contribution < 1.29 is 46.5 Å². The fourth-order valence-electron chi connectivity index (χ4n) is 4.92. The third kappa shape index (κ3) is 11.0.